The van der Waals surface area contributed by atoms with Crippen molar-refractivity contribution in [1.82, 2.24) is 15.1 Å². The van der Waals surface area contributed by atoms with Crippen LogP contribution >= 0.6 is 11.6 Å². The number of para-hydroxylation sites is 1. The number of carbonyl (C=O) groups is 1. The van der Waals surface area contributed by atoms with E-state index in [1.54, 1.807) is 10.7 Å². The molecule has 4 aromatic rings. The topological polar surface area (TPSA) is 46.9 Å². The molecule has 4 nitrogen and oxygen atoms in total. The molecule has 1 aromatic heterocycles. The number of amides is 1. The number of aromatic nitrogens is 2. The highest BCUT2D eigenvalue weighted by molar-refractivity contribution is 6.32. The summed E-state index contributed by atoms with van der Waals surface area (Å²) >= 11 is 6.47. The molecule has 1 unspecified atom stereocenters. The lowest BCUT2D eigenvalue weighted by Crippen LogP contribution is -2.34. The van der Waals surface area contributed by atoms with Crippen LogP contribution in [0.1, 0.15) is 40.5 Å². The fourth-order valence-electron chi connectivity index (χ4n) is 3.79. The van der Waals surface area contributed by atoms with Crippen LogP contribution in [-0.2, 0) is 6.42 Å². The second-order valence-corrected chi connectivity index (χ2v) is 8.88. The van der Waals surface area contributed by atoms with Crippen molar-refractivity contribution in [2.45, 2.75) is 39.7 Å². The van der Waals surface area contributed by atoms with Crippen LogP contribution < -0.4 is 5.32 Å². The van der Waals surface area contributed by atoms with Crippen molar-refractivity contribution >= 4 is 17.5 Å². The van der Waals surface area contributed by atoms with Gasteiger partial charge in [-0.25, -0.2) is 4.68 Å². The summed E-state index contributed by atoms with van der Waals surface area (Å²) in [7, 11) is 0. The van der Waals surface area contributed by atoms with Crippen LogP contribution in [-0.4, -0.2) is 21.7 Å². The largest absolute Gasteiger partial charge is 0.348 e. The number of halogens is 1. The molecule has 3 aromatic carbocycles. The summed E-state index contributed by atoms with van der Waals surface area (Å²) in [5.74, 6) is -0.168. The van der Waals surface area contributed by atoms with E-state index in [2.05, 4.69) is 43.4 Å². The lowest BCUT2D eigenvalue weighted by molar-refractivity contribution is 0.0930. The molecule has 0 radical (unpaired) electrons. The van der Waals surface area contributed by atoms with Crippen LogP contribution in [0.25, 0.3) is 16.9 Å². The van der Waals surface area contributed by atoms with Crippen molar-refractivity contribution in [1.29, 1.82) is 0 Å². The number of nitrogens with zero attached hydrogens (tertiary/aromatic N) is 2. The average molecular weight is 458 g/mol. The Hall–Kier alpha value is -3.37. The van der Waals surface area contributed by atoms with Gasteiger partial charge in [-0.15, -0.1) is 0 Å². The first-order valence-electron chi connectivity index (χ1n) is 11.2. The first-order chi connectivity index (χ1) is 15.9. The lowest BCUT2D eigenvalue weighted by Gasteiger charge is -2.15. The van der Waals surface area contributed by atoms with Crippen LogP contribution in [0.4, 0.5) is 0 Å². The van der Waals surface area contributed by atoms with Gasteiger partial charge in [0.05, 0.1) is 16.4 Å². The molecule has 0 aliphatic carbocycles. The Morgan fingerprint density at radius 1 is 0.970 bits per heavy atom. The van der Waals surface area contributed by atoms with Crippen LogP contribution in [0, 0.1) is 13.8 Å². The van der Waals surface area contributed by atoms with E-state index in [9.17, 15) is 4.79 Å². The summed E-state index contributed by atoms with van der Waals surface area (Å²) in [6.45, 7) is 6.18. The minimum absolute atomic E-state index is 0.0115. The third-order valence-corrected chi connectivity index (χ3v) is 6.23. The first-order valence-corrected chi connectivity index (χ1v) is 11.6. The number of carbonyl (C=O) groups excluding carboxylic acids is 1. The van der Waals surface area contributed by atoms with E-state index in [0.29, 0.717) is 16.4 Å². The zero-order valence-electron chi connectivity index (χ0n) is 19.2. The zero-order chi connectivity index (χ0) is 23.4. The van der Waals surface area contributed by atoms with E-state index in [1.807, 2.05) is 55.5 Å². The summed E-state index contributed by atoms with van der Waals surface area (Å²) in [5.41, 5.74) is 6.50. The molecule has 33 heavy (non-hydrogen) atoms. The van der Waals surface area contributed by atoms with Crippen LogP contribution in [0.2, 0.25) is 5.02 Å². The van der Waals surface area contributed by atoms with Gasteiger partial charge in [0.15, 0.2) is 0 Å². The van der Waals surface area contributed by atoms with Gasteiger partial charge in [0.1, 0.15) is 5.69 Å². The molecule has 0 spiro atoms. The molecular formula is C28H28ClN3O. The Morgan fingerprint density at radius 2 is 1.70 bits per heavy atom. The molecule has 4 rings (SSSR count). The fourth-order valence-corrected chi connectivity index (χ4v) is 4.01. The van der Waals surface area contributed by atoms with Gasteiger partial charge in [-0.1, -0.05) is 66.2 Å². The normalized spacial score (nSPS) is 11.9. The number of aryl methyl sites for hydroxylation is 3. The molecule has 5 heteroatoms. The second kappa shape index (κ2) is 10.1. The maximum atomic E-state index is 13.3. The average Bonchev–Trinajstić information content (AvgIpc) is 3.26. The standard InChI is InChI=1S/C28H28ClN3O/c1-19-13-16-23(17-20(19)2)25-18-27(32(31-25)26-12-8-7-11-24(26)29)28(33)30-21(3)14-15-22-9-5-4-6-10-22/h4-13,16-18,21H,14-15H2,1-3H3,(H,30,33). The maximum Gasteiger partial charge on any atom is 0.270 e. The molecule has 1 N–H and O–H groups in total. The number of hydrogen-bond donors (Lipinski definition) is 1. The van der Waals surface area contributed by atoms with Crippen molar-refractivity contribution in [3.05, 3.63) is 106 Å². The zero-order valence-corrected chi connectivity index (χ0v) is 19.9. The molecule has 1 atom stereocenters. The molecule has 0 saturated carbocycles. The molecule has 1 heterocycles. The Bertz CT molecular complexity index is 1260. The van der Waals surface area contributed by atoms with Gasteiger partial charge in [-0.3, -0.25) is 4.79 Å². The van der Waals surface area contributed by atoms with Crippen molar-refractivity contribution < 1.29 is 4.79 Å². The van der Waals surface area contributed by atoms with Crippen LogP contribution in [0.15, 0.2) is 78.9 Å². The third kappa shape index (κ3) is 5.35. The highest BCUT2D eigenvalue weighted by Gasteiger charge is 2.20. The molecule has 168 valence electrons. The first kappa shape index (κ1) is 22.8. The molecule has 0 aliphatic rings. The minimum atomic E-state index is -0.168. The molecule has 0 bridgehead atoms. The summed E-state index contributed by atoms with van der Waals surface area (Å²) < 4.78 is 1.64. The number of hydrogen-bond acceptors (Lipinski definition) is 2. The van der Waals surface area contributed by atoms with Crippen molar-refractivity contribution in [2.24, 2.45) is 0 Å². The fraction of sp³-hybridized carbons (Fsp3) is 0.214. The monoisotopic (exact) mass is 457 g/mol. The van der Waals surface area contributed by atoms with E-state index in [1.165, 1.54) is 16.7 Å². The van der Waals surface area contributed by atoms with E-state index in [0.717, 1.165) is 24.1 Å². The maximum absolute atomic E-state index is 13.3. The van der Waals surface area contributed by atoms with Crippen molar-refractivity contribution in [3.8, 4) is 16.9 Å². The summed E-state index contributed by atoms with van der Waals surface area (Å²) in [5, 5.41) is 8.45. The number of benzene rings is 3. The van der Waals surface area contributed by atoms with Crippen LogP contribution in [0.3, 0.4) is 0 Å². The van der Waals surface area contributed by atoms with Crippen molar-refractivity contribution in [3.63, 3.8) is 0 Å². The Kier molecular flexibility index (Phi) is 6.95. The highest BCUT2D eigenvalue weighted by atomic mass is 35.5. The highest BCUT2D eigenvalue weighted by Crippen LogP contribution is 2.27. The van der Waals surface area contributed by atoms with Gasteiger partial charge in [0.2, 0.25) is 0 Å². The second-order valence-electron chi connectivity index (χ2n) is 8.48. The molecule has 0 saturated heterocycles. The van der Waals surface area contributed by atoms with Gasteiger partial charge >= 0.3 is 0 Å². The lowest BCUT2D eigenvalue weighted by atomic mass is 10.0. The van der Waals surface area contributed by atoms with Gasteiger partial charge in [0, 0.05) is 11.6 Å². The number of rotatable bonds is 7. The SMILES string of the molecule is Cc1ccc(-c2cc(C(=O)NC(C)CCc3ccccc3)n(-c3ccccc3Cl)n2)cc1C. The smallest absolute Gasteiger partial charge is 0.270 e. The van der Waals surface area contributed by atoms with Crippen LogP contribution in [0.5, 0.6) is 0 Å². The summed E-state index contributed by atoms with van der Waals surface area (Å²) in [6.07, 6.45) is 1.75. The quantitative estimate of drug-likeness (QED) is 0.341. The predicted molar refractivity (Wildman–Crippen MR) is 135 cm³/mol. The molecular weight excluding hydrogens is 430 g/mol. The van der Waals surface area contributed by atoms with Gasteiger partial charge in [-0.05, 0) is 74.6 Å². The Labute approximate surface area is 200 Å². The van der Waals surface area contributed by atoms with Crippen molar-refractivity contribution in [2.75, 3.05) is 0 Å². The van der Waals surface area contributed by atoms with E-state index < -0.39 is 0 Å². The van der Waals surface area contributed by atoms with E-state index in [-0.39, 0.29) is 11.9 Å². The van der Waals surface area contributed by atoms with E-state index in [4.69, 9.17) is 16.7 Å². The van der Waals surface area contributed by atoms with Gasteiger partial charge in [0.25, 0.3) is 5.91 Å². The summed E-state index contributed by atoms with van der Waals surface area (Å²) in [6, 6.07) is 25.8. The van der Waals surface area contributed by atoms with E-state index >= 15 is 0 Å². The Balaban J connectivity index is 1.62. The molecule has 1 amide bonds. The van der Waals surface area contributed by atoms with Gasteiger partial charge < -0.3 is 5.32 Å². The van der Waals surface area contributed by atoms with Gasteiger partial charge in [-0.2, -0.15) is 5.10 Å². The minimum Gasteiger partial charge on any atom is -0.348 e. The Morgan fingerprint density at radius 3 is 2.42 bits per heavy atom. The number of nitrogens with one attached hydrogen (secondary N) is 1. The third-order valence-electron chi connectivity index (χ3n) is 5.91. The molecule has 0 aliphatic heterocycles. The predicted octanol–water partition coefficient (Wildman–Crippen LogP) is 6.56. The molecule has 0 fully saturated rings. The summed E-state index contributed by atoms with van der Waals surface area (Å²) in [4.78, 5) is 13.3.